The highest BCUT2D eigenvalue weighted by molar-refractivity contribution is 7.91. The van der Waals surface area contributed by atoms with Crippen molar-refractivity contribution in [2.75, 3.05) is 17.6 Å². The SMILES string of the molecule is Cc1[nH]c2ccccc2c1S(=O)(=O)CCNC(=O)Nc1ccc(Cl)c(Cl)c1. The van der Waals surface area contributed by atoms with Crippen LogP contribution >= 0.6 is 23.2 Å². The van der Waals surface area contributed by atoms with Crippen LogP contribution in [0.1, 0.15) is 5.69 Å². The number of aryl methyl sites for hydroxylation is 1. The van der Waals surface area contributed by atoms with Crippen molar-refractivity contribution in [3.8, 4) is 0 Å². The molecule has 142 valence electrons. The zero-order valence-electron chi connectivity index (χ0n) is 14.3. The topological polar surface area (TPSA) is 91.1 Å². The van der Waals surface area contributed by atoms with Gasteiger partial charge in [-0.3, -0.25) is 0 Å². The highest BCUT2D eigenvalue weighted by Gasteiger charge is 2.22. The van der Waals surface area contributed by atoms with Crippen molar-refractivity contribution < 1.29 is 13.2 Å². The van der Waals surface area contributed by atoms with Crippen molar-refractivity contribution in [2.45, 2.75) is 11.8 Å². The number of halogens is 2. The molecule has 0 bridgehead atoms. The third-order valence-electron chi connectivity index (χ3n) is 3.98. The number of urea groups is 1. The van der Waals surface area contributed by atoms with Gasteiger partial charge in [-0.05, 0) is 31.2 Å². The van der Waals surface area contributed by atoms with Crippen LogP contribution in [0.2, 0.25) is 10.0 Å². The Morgan fingerprint density at radius 3 is 2.59 bits per heavy atom. The van der Waals surface area contributed by atoms with Crippen LogP contribution in [0.3, 0.4) is 0 Å². The lowest BCUT2D eigenvalue weighted by Gasteiger charge is -2.09. The number of H-pyrrole nitrogens is 1. The molecular weight excluding hydrogens is 409 g/mol. The quantitative estimate of drug-likeness (QED) is 0.566. The lowest BCUT2D eigenvalue weighted by molar-refractivity contribution is 0.252. The summed E-state index contributed by atoms with van der Waals surface area (Å²) in [6.07, 6.45) is 0. The average Bonchev–Trinajstić information content (AvgIpc) is 2.94. The van der Waals surface area contributed by atoms with Gasteiger partial charge in [-0.2, -0.15) is 0 Å². The van der Waals surface area contributed by atoms with E-state index < -0.39 is 15.9 Å². The molecule has 2 amide bonds. The summed E-state index contributed by atoms with van der Waals surface area (Å²) in [6, 6.07) is 11.3. The molecule has 3 N–H and O–H groups in total. The van der Waals surface area contributed by atoms with Gasteiger partial charge in [0.15, 0.2) is 9.84 Å². The van der Waals surface area contributed by atoms with Crippen LogP contribution in [-0.2, 0) is 9.84 Å². The van der Waals surface area contributed by atoms with Crippen LogP contribution in [0.4, 0.5) is 10.5 Å². The molecular formula is C18H17Cl2N3O3S. The molecule has 27 heavy (non-hydrogen) atoms. The number of aromatic amines is 1. The fourth-order valence-corrected chi connectivity index (χ4v) is 4.71. The summed E-state index contributed by atoms with van der Waals surface area (Å²) < 4.78 is 25.5. The summed E-state index contributed by atoms with van der Waals surface area (Å²) >= 11 is 11.7. The van der Waals surface area contributed by atoms with Crippen LogP contribution in [0, 0.1) is 6.92 Å². The fourth-order valence-electron chi connectivity index (χ4n) is 2.80. The van der Waals surface area contributed by atoms with Crippen LogP contribution in [0.15, 0.2) is 47.4 Å². The Kier molecular flexibility index (Phi) is 5.64. The Balaban J connectivity index is 1.64. The molecule has 1 aromatic heterocycles. The molecule has 9 heteroatoms. The predicted octanol–water partition coefficient (Wildman–Crippen LogP) is 4.38. The summed E-state index contributed by atoms with van der Waals surface area (Å²) in [5, 5.41) is 6.45. The van der Waals surface area contributed by atoms with Crippen molar-refractivity contribution >= 4 is 55.7 Å². The number of aromatic nitrogens is 1. The molecule has 3 rings (SSSR count). The van der Waals surface area contributed by atoms with Gasteiger partial charge in [0.1, 0.15) is 0 Å². The smallest absolute Gasteiger partial charge is 0.319 e. The van der Waals surface area contributed by atoms with E-state index in [0.29, 0.717) is 26.8 Å². The van der Waals surface area contributed by atoms with Crippen molar-refractivity contribution in [2.24, 2.45) is 0 Å². The summed E-state index contributed by atoms with van der Waals surface area (Å²) in [6.45, 7) is 1.69. The Morgan fingerprint density at radius 2 is 1.85 bits per heavy atom. The van der Waals surface area contributed by atoms with Crippen LogP contribution in [-0.4, -0.2) is 31.7 Å². The Labute approximate surface area is 166 Å². The molecule has 0 radical (unpaired) electrons. The van der Waals surface area contributed by atoms with Gasteiger partial charge in [0, 0.05) is 28.8 Å². The molecule has 0 unspecified atom stereocenters. The zero-order chi connectivity index (χ0) is 19.6. The predicted molar refractivity (Wildman–Crippen MR) is 109 cm³/mol. The number of hydrogen-bond acceptors (Lipinski definition) is 3. The Hall–Kier alpha value is -2.22. The van der Waals surface area contributed by atoms with Gasteiger partial charge in [-0.1, -0.05) is 41.4 Å². The lowest BCUT2D eigenvalue weighted by atomic mass is 10.2. The van der Waals surface area contributed by atoms with E-state index in [2.05, 4.69) is 15.6 Å². The van der Waals surface area contributed by atoms with Gasteiger partial charge in [-0.25, -0.2) is 13.2 Å². The normalized spacial score (nSPS) is 11.5. The van der Waals surface area contributed by atoms with Gasteiger partial charge >= 0.3 is 6.03 Å². The van der Waals surface area contributed by atoms with Gasteiger partial charge < -0.3 is 15.6 Å². The highest BCUT2D eigenvalue weighted by atomic mass is 35.5. The molecule has 0 aliphatic heterocycles. The first-order valence-electron chi connectivity index (χ1n) is 8.08. The number of sulfone groups is 1. The third-order valence-corrected chi connectivity index (χ3v) is 6.61. The minimum Gasteiger partial charge on any atom is -0.358 e. The number of carbonyl (C=O) groups excluding carboxylic acids is 1. The molecule has 0 saturated carbocycles. The number of amides is 2. The molecule has 0 saturated heterocycles. The van der Waals surface area contributed by atoms with Gasteiger partial charge in [0.2, 0.25) is 0 Å². The number of anilines is 1. The van der Waals surface area contributed by atoms with E-state index in [4.69, 9.17) is 23.2 Å². The number of nitrogens with one attached hydrogen (secondary N) is 3. The number of para-hydroxylation sites is 1. The summed E-state index contributed by atoms with van der Waals surface area (Å²) in [4.78, 5) is 15.3. The second-order valence-electron chi connectivity index (χ2n) is 5.95. The average molecular weight is 426 g/mol. The maximum Gasteiger partial charge on any atom is 0.319 e. The first-order chi connectivity index (χ1) is 12.8. The van der Waals surface area contributed by atoms with Crippen LogP contribution in [0.5, 0.6) is 0 Å². The molecule has 1 heterocycles. The molecule has 0 atom stereocenters. The number of carbonyl (C=O) groups is 1. The lowest BCUT2D eigenvalue weighted by Crippen LogP contribution is -2.32. The van der Waals surface area contributed by atoms with E-state index in [-0.39, 0.29) is 17.2 Å². The summed E-state index contributed by atoms with van der Waals surface area (Å²) in [5.74, 6) is -0.218. The fraction of sp³-hybridized carbons (Fsp3) is 0.167. The Bertz CT molecular complexity index is 1110. The molecule has 2 aromatic carbocycles. The molecule has 0 aliphatic carbocycles. The van der Waals surface area contributed by atoms with E-state index in [9.17, 15) is 13.2 Å². The van der Waals surface area contributed by atoms with Crippen LogP contribution in [0.25, 0.3) is 10.9 Å². The maximum absolute atomic E-state index is 12.7. The van der Waals surface area contributed by atoms with Crippen molar-refractivity contribution in [3.63, 3.8) is 0 Å². The van der Waals surface area contributed by atoms with E-state index in [1.54, 1.807) is 31.2 Å². The largest absolute Gasteiger partial charge is 0.358 e. The van der Waals surface area contributed by atoms with Crippen molar-refractivity contribution in [3.05, 3.63) is 58.2 Å². The Morgan fingerprint density at radius 1 is 1.11 bits per heavy atom. The number of fused-ring (bicyclic) bond motifs is 1. The van der Waals surface area contributed by atoms with Crippen molar-refractivity contribution in [1.29, 1.82) is 0 Å². The first kappa shape index (κ1) is 19.5. The first-order valence-corrected chi connectivity index (χ1v) is 10.5. The number of rotatable bonds is 5. The third kappa shape index (κ3) is 4.37. The number of benzene rings is 2. The van der Waals surface area contributed by atoms with Crippen molar-refractivity contribution in [1.82, 2.24) is 10.3 Å². The van der Waals surface area contributed by atoms with E-state index in [0.717, 1.165) is 5.52 Å². The molecule has 0 fully saturated rings. The monoisotopic (exact) mass is 425 g/mol. The molecule has 6 nitrogen and oxygen atoms in total. The minimum atomic E-state index is -3.57. The second kappa shape index (κ2) is 7.80. The number of hydrogen-bond donors (Lipinski definition) is 3. The highest BCUT2D eigenvalue weighted by Crippen LogP contribution is 2.27. The second-order valence-corrected chi connectivity index (χ2v) is 8.81. The summed E-state index contributed by atoms with van der Waals surface area (Å²) in [5.41, 5.74) is 1.80. The van der Waals surface area contributed by atoms with E-state index >= 15 is 0 Å². The molecule has 3 aromatic rings. The maximum atomic E-state index is 12.7. The minimum absolute atomic E-state index is 0.0333. The standard InChI is InChI=1S/C18H17Cl2N3O3S/c1-11-17(13-4-2-3-5-16(13)22-11)27(25,26)9-8-21-18(24)23-12-6-7-14(19)15(20)10-12/h2-7,10,22H,8-9H2,1H3,(H2,21,23,24). The van der Waals surface area contributed by atoms with E-state index in [1.165, 1.54) is 6.07 Å². The van der Waals surface area contributed by atoms with Gasteiger partial charge in [0.25, 0.3) is 0 Å². The van der Waals surface area contributed by atoms with Gasteiger partial charge in [0.05, 0.1) is 20.7 Å². The van der Waals surface area contributed by atoms with E-state index in [1.807, 2.05) is 12.1 Å². The van der Waals surface area contributed by atoms with Gasteiger partial charge in [-0.15, -0.1) is 0 Å². The van der Waals surface area contributed by atoms with Crippen LogP contribution < -0.4 is 10.6 Å². The summed E-state index contributed by atoms with van der Waals surface area (Å²) in [7, 11) is -3.57. The zero-order valence-corrected chi connectivity index (χ0v) is 16.7. The molecule has 0 aliphatic rings. The molecule has 0 spiro atoms.